The van der Waals surface area contributed by atoms with E-state index in [1.807, 2.05) is 0 Å². The van der Waals surface area contributed by atoms with Gasteiger partial charge in [0.2, 0.25) is 0 Å². The number of hydrogen-bond donors (Lipinski definition) is 0. The first-order chi connectivity index (χ1) is 10.2. The number of rotatable bonds is 11. The molecule has 0 fully saturated rings. The molecule has 0 saturated heterocycles. The molecule has 0 radical (unpaired) electrons. The van der Waals surface area contributed by atoms with Crippen LogP contribution in [0.25, 0.3) is 0 Å². The molecule has 0 aliphatic rings. The Morgan fingerprint density at radius 3 is 2.19 bits per heavy atom. The van der Waals surface area contributed by atoms with Gasteiger partial charge >= 0.3 is 0 Å². The summed E-state index contributed by atoms with van der Waals surface area (Å²) in [5, 5.41) is 0. The highest BCUT2D eigenvalue weighted by molar-refractivity contribution is 6.73. The van der Waals surface area contributed by atoms with Crippen LogP contribution in [0.1, 0.15) is 58.1 Å². The van der Waals surface area contributed by atoms with E-state index in [-0.39, 0.29) is 6.10 Å². The fourth-order valence-corrected chi connectivity index (χ4v) is 5.68. The van der Waals surface area contributed by atoms with Crippen molar-refractivity contribution in [2.45, 2.75) is 70.7 Å². The van der Waals surface area contributed by atoms with Crippen LogP contribution < -0.4 is 0 Å². The van der Waals surface area contributed by atoms with E-state index in [0.29, 0.717) is 6.42 Å². The van der Waals surface area contributed by atoms with E-state index >= 15 is 0 Å². The average molecular weight is 307 g/mol. The first-order valence-electron chi connectivity index (χ1n) is 8.37. The molecule has 3 heteroatoms. The number of carbonyl (C=O) groups excluding carboxylic acids is 1. The molecule has 0 aromatic heterocycles. The van der Waals surface area contributed by atoms with Crippen LogP contribution in [-0.4, -0.2) is 14.6 Å². The van der Waals surface area contributed by atoms with E-state index in [9.17, 15) is 4.79 Å². The second-order valence-corrected chi connectivity index (χ2v) is 10.4. The Morgan fingerprint density at radius 2 is 1.67 bits per heavy atom. The summed E-state index contributed by atoms with van der Waals surface area (Å²) in [6.07, 6.45) is 4.92. The summed E-state index contributed by atoms with van der Waals surface area (Å²) in [6, 6.07) is 14.1. The van der Waals surface area contributed by atoms with Gasteiger partial charge in [-0.05, 0) is 36.5 Å². The first-order valence-corrected chi connectivity index (χ1v) is 10.9. The maximum atomic E-state index is 10.5. The monoisotopic (exact) mass is 306 g/mol. The molecule has 0 N–H and O–H groups in total. The van der Waals surface area contributed by atoms with Gasteiger partial charge in [-0.25, -0.2) is 0 Å². The van der Waals surface area contributed by atoms with Crippen LogP contribution >= 0.6 is 0 Å². The van der Waals surface area contributed by atoms with Crippen molar-refractivity contribution in [2.24, 2.45) is 0 Å². The fraction of sp³-hybridized carbons (Fsp3) is 0.611. The zero-order valence-electron chi connectivity index (χ0n) is 13.8. The highest BCUT2D eigenvalue weighted by Crippen LogP contribution is 2.32. The van der Waals surface area contributed by atoms with E-state index in [1.54, 1.807) is 0 Å². The van der Waals surface area contributed by atoms with Crippen molar-refractivity contribution in [3.05, 3.63) is 35.9 Å². The Balaban J connectivity index is 2.78. The summed E-state index contributed by atoms with van der Waals surface area (Å²) >= 11 is 0. The highest BCUT2D eigenvalue weighted by atomic mass is 28.4. The SMILES string of the molecule is CC[Si](CC)(CC)OC(CCCCC=O)c1ccccc1. The molecular weight excluding hydrogens is 276 g/mol. The fourth-order valence-electron chi connectivity index (χ4n) is 2.82. The topological polar surface area (TPSA) is 26.3 Å². The molecule has 0 aliphatic heterocycles. The van der Waals surface area contributed by atoms with Crippen LogP contribution in [0.3, 0.4) is 0 Å². The van der Waals surface area contributed by atoms with Crippen molar-refractivity contribution >= 4 is 14.6 Å². The minimum Gasteiger partial charge on any atom is -0.410 e. The van der Waals surface area contributed by atoms with Gasteiger partial charge in [0.05, 0.1) is 6.10 Å². The molecule has 0 saturated carbocycles. The van der Waals surface area contributed by atoms with Crippen molar-refractivity contribution in [1.29, 1.82) is 0 Å². The molecule has 1 aromatic carbocycles. The molecule has 1 rings (SSSR count). The molecule has 0 amide bonds. The van der Waals surface area contributed by atoms with Crippen molar-refractivity contribution in [3.63, 3.8) is 0 Å². The number of benzene rings is 1. The van der Waals surface area contributed by atoms with Crippen LogP contribution in [0.4, 0.5) is 0 Å². The van der Waals surface area contributed by atoms with Crippen LogP contribution in [-0.2, 0) is 9.22 Å². The normalized spacial score (nSPS) is 13.1. The lowest BCUT2D eigenvalue weighted by Crippen LogP contribution is -2.37. The van der Waals surface area contributed by atoms with Crippen molar-refractivity contribution < 1.29 is 9.22 Å². The minimum absolute atomic E-state index is 0.198. The van der Waals surface area contributed by atoms with E-state index in [0.717, 1.165) is 25.5 Å². The van der Waals surface area contributed by atoms with Gasteiger partial charge in [0, 0.05) is 6.42 Å². The van der Waals surface area contributed by atoms with E-state index < -0.39 is 8.32 Å². The number of aldehydes is 1. The van der Waals surface area contributed by atoms with Crippen LogP contribution in [0, 0.1) is 0 Å². The van der Waals surface area contributed by atoms with Crippen LogP contribution in [0.2, 0.25) is 18.1 Å². The Hall–Kier alpha value is -0.933. The number of hydrogen-bond acceptors (Lipinski definition) is 2. The predicted octanol–water partition coefficient (Wildman–Crippen LogP) is 5.51. The zero-order chi connectivity index (χ0) is 15.6. The lowest BCUT2D eigenvalue weighted by molar-refractivity contribution is -0.107. The number of unbranched alkanes of at least 4 members (excludes halogenated alkanes) is 2. The summed E-state index contributed by atoms with van der Waals surface area (Å²) < 4.78 is 6.70. The van der Waals surface area contributed by atoms with Gasteiger partial charge in [0.1, 0.15) is 6.29 Å². The minimum atomic E-state index is -1.60. The third kappa shape index (κ3) is 5.75. The highest BCUT2D eigenvalue weighted by Gasteiger charge is 2.32. The maximum Gasteiger partial charge on any atom is 0.192 e. The Bertz CT molecular complexity index is 379. The molecule has 1 unspecified atom stereocenters. The average Bonchev–Trinajstić information content (AvgIpc) is 2.56. The molecule has 1 aromatic rings. The van der Waals surface area contributed by atoms with Gasteiger partial charge in [-0.1, -0.05) is 57.5 Å². The number of carbonyl (C=O) groups is 1. The van der Waals surface area contributed by atoms with Gasteiger partial charge in [-0.15, -0.1) is 0 Å². The maximum absolute atomic E-state index is 10.5. The van der Waals surface area contributed by atoms with Gasteiger partial charge in [-0.3, -0.25) is 0 Å². The zero-order valence-corrected chi connectivity index (χ0v) is 14.8. The lowest BCUT2D eigenvalue weighted by Gasteiger charge is -2.33. The Labute approximate surface area is 131 Å². The molecule has 1 atom stereocenters. The molecule has 0 spiro atoms. The summed E-state index contributed by atoms with van der Waals surface area (Å²) in [4.78, 5) is 10.5. The first kappa shape index (κ1) is 18.1. The summed E-state index contributed by atoms with van der Waals surface area (Å²) in [5.41, 5.74) is 1.29. The predicted molar refractivity (Wildman–Crippen MR) is 92.0 cm³/mol. The molecule has 0 bridgehead atoms. The van der Waals surface area contributed by atoms with Crippen molar-refractivity contribution in [3.8, 4) is 0 Å². The van der Waals surface area contributed by atoms with E-state index in [4.69, 9.17) is 4.43 Å². The van der Waals surface area contributed by atoms with Crippen molar-refractivity contribution in [1.82, 2.24) is 0 Å². The smallest absolute Gasteiger partial charge is 0.192 e. The summed E-state index contributed by atoms with van der Waals surface area (Å²) in [6.45, 7) is 6.81. The van der Waals surface area contributed by atoms with Crippen molar-refractivity contribution in [2.75, 3.05) is 0 Å². The molecule has 118 valence electrons. The van der Waals surface area contributed by atoms with Crippen LogP contribution in [0.5, 0.6) is 0 Å². The van der Waals surface area contributed by atoms with Crippen LogP contribution in [0.15, 0.2) is 30.3 Å². The molecule has 21 heavy (non-hydrogen) atoms. The third-order valence-corrected chi connectivity index (χ3v) is 9.19. The van der Waals surface area contributed by atoms with E-state index in [1.165, 1.54) is 23.7 Å². The molecule has 0 heterocycles. The second-order valence-electron chi connectivity index (χ2n) is 5.71. The molecule has 0 aliphatic carbocycles. The van der Waals surface area contributed by atoms with Gasteiger partial charge in [0.15, 0.2) is 8.32 Å². The Kier molecular flexibility index (Phi) is 8.54. The molecular formula is C18H30O2Si. The lowest BCUT2D eigenvalue weighted by atomic mass is 10.0. The second kappa shape index (κ2) is 9.90. The van der Waals surface area contributed by atoms with E-state index in [2.05, 4.69) is 51.1 Å². The third-order valence-electron chi connectivity index (χ3n) is 4.53. The molecule has 2 nitrogen and oxygen atoms in total. The largest absolute Gasteiger partial charge is 0.410 e. The van der Waals surface area contributed by atoms with Gasteiger partial charge < -0.3 is 9.22 Å². The van der Waals surface area contributed by atoms with Gasteiger partial charge in [0.25, 0.3) is 0 Å². The summed E-state index contributed by atoms with van der Waals surface area (Å²) in [5.74, 6) is 0. The summed E-state index contributed by atoms with van der Waals surface area (Å²) in [7, 11) is -1.60. The standard InChI is InChI=1S/C18H30O2Si/c1-4-21(5-2,6-3)20-18(15-11-8-12-16-19)17-13-9-7-10-14-17/h7,9-10,13-14,16,18H,4-6,8,11-12,15H2,1-3H3. The van der Waals surface area contributed by atoms with Gasteiger partial charge in [-0.2, -0.15) is 0 Å². The quantitative estimate of drug-likeness (QED) is 0.306. The Morgan fingerprint density at radius 1 is 1.05 bits per heavy atom.